The van der Waals surface area contributed by atoms with Crippen molar-refractivity contribution in [2.24, 2.45) is 4.99 Å². The molecule has 0 saturated heterocycles. The lowest BCUT2D eigenvalue weighted by molar-refractivity contribution is 0.197. The normalized spacial score (nSPS) is 12.3. The molecule has 126 valence electrons. The Hall–Kier alpha value is -0.730. The van der Waals surface area contributed by atoms with E-state index in [1.54, 1.807) is 14.2 Å². The van der Waals surface area contributed by atoms with Gasteiger partial charge in [0.2, 0.25) is 0 Å². The van der Waals surface area contributed by atoms with E-state index >= 15 is 0 Å². The molecule has 1 aromatic rings. The van der Waals surface area contributed by atoms with Crippen LogP contribution < -0.4 is 15.4 Å². The van der Waals surface area contributed by atoms with Crippen LogP contribution in [-0.4, -0.2) is 45.9 Å². The van der Waals surface area contributed by atoms with Crippen LogP contribution in [0.2, 0.25) is 5.02 Å². The summed E-state index contributed by atoms with van der Waals surface area (Å²) in [5.41, 5.74) is 0. The molecule has 0 fully saturated rings. The van der Waals surface area contributed by atoms with Crippen LogP contribution in [0, 0.1) is 0 Å². The van der Waals surface area contributed by atoms with Gasteiger partial charge in [-0.1, -0.05) is 30.7 Å². The van der Waals surface area contributed by atoms with Gasteiger partial charge in [0, 0.05) is 20.7 Å². The summed E-state index contributed by atoms with van der Waals surface area (Å²) in [6, 6.07) is 7.49. The van der Waals surface area contributed by atoms with Gasteiger partial charge in [-0.25, -0.2) is 0 Å². The maximum absolute atomic E-state index is 6.10. The molecule has 0 aliphatic heterocycles. The van der Waals surface area contributed by atoms with Gasteiger partial charge in [-0.15, -0.1) is 24.0 Å². The third-order valence-electron chi connectivity index (χ3n) is 2.91. The second-order valence-electron chi connectivity index (χ2n) is 4.45. The van der Waals surface area contributed by atoms with E-state index < -0.39 is 0 Å². The average Bonchev–Trinajstić information content (AvgIpc) is 2.51. The van der Waals surface area contributed by atoms with Crippen molar-refractivity contribution in [1.29, 1.82) is 0 Å². The molecule has 0 aliphatic rings. The molecule has 1 rings (SSSR count). The molecular formula is C15H25ClIN3O2. The number of hydrogen-bond donors (Lipinski definition) is 2. The summed E-state index contributed by atoms with van der Waals surface area (Å²) in [7, 11) is 3.40. The molecule has 0 spiro atoms. The van der Waals surface area contributed by atoms with E-state index in [1.807, 2.05) is 24.3 Å². The minimum Gasteiger partial charge on any atom is -0.487 e. The van der Waals surface area contributed by atoms with Crippen molar-refractivity contribution in [2.75, 3.05) is 33.9 Å². The highest BCUT2D eigenvalue weighted by Crippen LogP contribution is 2.24. The van der Waals surface area contributed by atoms with Crippen molar-refractivity contribution in [1.82, 2.24) is 10.6 Å². The molecule has 0 aliphatic carbocycles. The van der Waals surface area contributed by atoms with Crippen molar-refractivity contribution in [2.45, 2.75) is 19.4 Å². The second-order valence-corrected chi connectivity index (χ2v) is 4.86. The fraction of sp³-hybridized carbons (Fsp3) is 0.533. The van der Waals surface area contributed by atoms with Gasteiger partial charge in [-0.3, -0.25) is 4.99 Å². The van der Waals surface area contributed by atoms with E-state index in [0.717, 1.165) is 12.4 Å². The van der Waals surface area contributed by atoms with E-state index in [2.05, 4.69) is 22.5 Å². The van der Waals surface area contributed by atoms with Crippen LogP contribution in [0.15, 0.2) is 29.3 Å². The summed E-state index contributed by atoms with van der Waals surface area (Å²) in [4.78, 5) is 4.15. The number of nitrogens with one attached hydrogen (secondary N) is 2. The van der Waals surface area contributed by atoms with E-state index in [1.165, 1.54) is 0 Å². The molecule has 7 heteroatoms. The summed E-state index contributed by atoms with van der Waals surface area (Å²) < 4.78 is 10.9. The fourth-order valence-electron chi connectivity index (χ4n) is 1.69. The smallest absolute Gasteiger partial charge is 0.191 e. The summed E-state index contributed by atoms with van der Waals surface area (Å²) in [6.07, 6.45) is 0.888. The summed E-state index contributed by atoms with van der Waals surface area (Å²) in [5.74, 6) is 1.43. The first kappa shape index (κ1) is 21.3. The van der Waals surface area contributed by atoms with Gasteiger partial charge >= 0.3 is 0 Å². The molecule has 5 nitrogen and oxygen atoms in total. The Balaban J connectivity index is 0.00000441. The lowest BCUT2D eigenvalue weighted by atomic mass is 10.2. The van der Waals surface area contributed by atoms with Crippen LogP contribution in [0.3, 0.4) is 0 Å². The van der Waals surface area contributed by atoms with Crippen molar-refractivity contribution in [3.8, 4) is 5.75 Å². The molecule has 0 heterocycles. The Kier molecular flexibility index (Phi) is 12.4. The Labute approximate surface area is 154 Å². The van der Waals surface area contributed by atoms with E-state index in [0.29, 0.717) is 30.5 Å². The number of hydrogen-bond acceptors (Lipinski definition) is 3. The Morgan fingerprint density at radius 3 is 2.64 bits per heavy atom. The number of nitrogens with zero attached hydrogens (tertiary/aromatic N) is 1. The number of methoxy groups -OCH3 is 1. The predicted octanol–water partition coefficient (Wildman–Crippen LogP) is 2.93. The van der Waals surface area contributed by atoms with E-state index in [-0.39, 0.29) is 30.1 Å². The summed E-state index contributed by atoms with van der Waals surface area (Å²) in [5, 5.41) is 7.02. The number of guanidine groups is 1. The van der Waals surface area contributed by atoms with Gasteiger partial charge in [0.1, 0.15) is 11.9 Å². The molecule has 0 amide bonds. The molecule has 22 heavy (non-hydrogen) atoms. The van der Waals surface area contributed by atoms with Crippen LogP contribution in [0.4, 0.5) is 0 Å². The molecular weight excluding hydrogens is 417 g/mol. The molecule has 0 saturated carbocycles. The minimum atomic E-state index is 0. The average molecular weight is 442 g/mol. The first-order valence-corrected chi connectivity index (χ1v) is 7.43. The van der Waals surface area contributed by atoms with Gasteiger partial charge in [0.05, 0.1) is 18.2 Å². The van der Waals surface area contributed by atoms with Gasteiger partial charge in [-0.2, -0.15) is 0 Å². The van der Waals surface area contributed by atoms with Gasteiger partial charge in [-0.05, 0) is 18.6 Å². The highest BCUT2D eigenvalue weighted by atomic mass is 127. The van der Waals surface area contributed by atoms with Crippen LogP contribution in [-0.2, 0) is 4.74 Å². The third kappa shape index (κ3) is 8.05. The number of rotatable bonds is 8. The van der Waals surface area contributed by atoms with Crippen molar-refractivity contribution >= 4 is 41.5 Å². The first-order chi connectivity index (χ1) is 10.2. The van der Waals surface area contributed by atoms with Crippen molar-refractivity contribution < 1.29 is 9.47 Å². The quantitative estimate of drug-likeness (QED) is 0.282. The maximum Gasteiger partial charge on any atom is 0.191 e. The van der Waals surface area contributed by atoms with Crippen molar-refractivity contribution in [3.05, 3.63) is 29.3 Å². The van der Waals surface area contributed by atoms with Gasteiger partial charge in [0.25, 0.3) is 0 Å². The Morgan fingerprint density at radius 2 is 2.05 bits per heavy atom. The van der Waals surface area contributed by atoms with Crippen molar-refractivity contribution in [3.63, 3.8) is 0 Å². The molecule has 1 aromatic carbocycles. The van der Waals surface area contributed by atoms with Crippen LogP contribution in [0.25, 0.3) is 0 Å². The lowest BCUT2D eigenvalue weighted by Crippen LogP contribution is -2.43. The number of para-hydroxylation sites is 1. The number of halogens is 2. The molecule has 0 aromatic heterocycles. The number of benzene rings is 1. The number of ether oxygens (including phenoxy) is 2. The number of aliphatic imine (C=N–C) groups is 1. The zero-order valence-electron chi connectivity index (χ0n) is 13.3. The maximum atomic E-state index is 6.10. The largest absolute Gasteiger partial charge is 0.487 e. The molecule has 1 atom stereocenters. The minimum absolute atomic E-state index is 0. The first-order valence-electron chi connectivity index (χ1n) is 7.05. The van der Waals surface area contributed by atoms with Gasteiger partial charge in [0.15, 0.2) is 5.96 Å². The predicted molar refractivity (Wildman–Crippen MR) is 103 cm³/mol. The standard InChI is InChI=1S/C15H24ClN3O2.HI/c1-4-12(21-14-8-6-5-7-13(14)16)11-19-15(17-2)18-9-10-20-3;/h5-8,12H,4,9-11H2,1-3H3,(H2,17,18,19);1H. The van der Waals surface area contributed by atoms with Crippen LogP contribution in [0.5, 0.6) is 5.75 Å². The van der Waals surface area contributed by atoms with Crippen LogP contribution in [0.1, 0.15) is 13.3 Å². The zero-order valence-corrected chi connectivity index (χ0v) is 16.4. The lowest BCUT2D eigenvalue weighted by Gasteiger charge is -2.20. The zero-order chi connectivity index (χ0) is 15.5. The molecule has 0 bridgehead atoms. The monoisotopic (exact) mass is 441 g/mol. The van der Waals surface area contributed by atoms with Gasteiger partial charge < -0.3 is 20.1 Å². The molecule has 1 unspecified atom stereocenters. The fourth-order valence-corrected chi connectivity index (χ4v) is 1.87. The Morgan fingerprint density at radius 1 is 1.32 bits per heavy atom. The topological polar surface area (TPSA) is 54.9 Å². The van der Waals surface area contributed by atoms with E-state index in [4.69, 9.17) is 21.1 Å². The highest BCUT2D eigenvalue weighted by Gasteiger charge is 2.11. The molecule has 2 N–H and O–H groups in total. The van der Waals surface area contributed by atoms with E-state index in [9.17, 15) is 0 Å². The third-order valence-corrected chi connectivity index (χ3v) is 3.22. The Bertz CT molecular complexity index is 447. The SMILES string of the molecule is CCC(CNC(=NC)NCCOC)Oc1ccccc1Cl.I. The highest BCUT2D eigenvalue weighted by molar-refractivity contribution is 14.0. The summed E-state index contributed by atoms with van der Waals surface area (Å²) >= 11 is 6.10. The molecule has 0 radical (unpaired) electrons. The van der Waals surface area contributed by atoms with Crippen LogP contribution >= 0.6 is 35.6 Å². The second kappa shape index (κ2) is 12.8. The summed E-state index contributed by atoms with van der Waals surface area (Å²) in [6.45, 7) is 4.06.